The van der Waals surface area contributed by atoms with Crippen LogP contribution in [0.3, 0.4) is 0 Å². The molecule has 0 saturated heterocycles. The van der Waals surface area contributed by atoms with Gasteiger partial charge in [0, 0.05) is 17.7 Å². The largest absolute Gasteiger partial charge is 0.370 e. The van der Waals surface area contributed by atoms with Crippen molar-refractivity contribution in [2.75, 3.05) is 0 Å². The van der Waals surface area contributed by atoms with E-state index >= 15 is 0 Å². The van der Waals surface area contributed by atoms with Gasteiger partial charge in [-0.2, -0.15) is 0 Å². The smallest absolute Gasteiger partial charge is 0.220 e. The van der Waals surface area contributed by atoms with Crippen LogP contribution in [0, 0.1) is 0 Å². The summed E-state index contributed by atoms with van der Waals surface area (Å²) in [6, 6.07) is 4.00. The topological polar surface area (TPSA) is 72.2 Å². The molecule has 1 heterocycles. The summed E-state index contributed by atoms with van der Waals surface area (Å²) in [5, 5.41) is 4.92. The van der Waals surface area contributed by atoms with Crippen LogP contribution in [0.5, 0.6) is 0 Å². The van der Waals surface area contributed by atoms with Crippen LogP contribution in [0.4, 0.5) is 0 Å². The van der Waals surface area contributed by atoms with Crippen LogP contribution in [0.2, 0.25) is 0 Å². The van der Waals surface area contributed by atoms with E-state index in [0.717, 1.165) is 32.1 Å². The molecular weight excluding hydrogens is 260 g/mol. The minimum absolute atomic E-state index is 0.116. The second-order valence-electron chi connectivity index (χ2n) is 4.59. The zero-order valence-corrected chi connectivity index (χ0v) is 12.0. The minimum Gasteiger partial charge on any atom is -0.370 e. The van der Waals surface area contributed by atoms with Gasteiger partial charge in [-0.1, -0.05) is 25.3 Å². The monoisotopic (exact) mass is 282 g/mol. The molecule has 1 aromatic heterocycles. The summed E-state index contributed by atoms with van der Waals surface area (Å²) in [7, 11) is 0. The van der Waals surface area contributed by atoms with Gasteiger partial charge in [0.2, 0.25) is 11.8 Å². The van der Waals surface area contributed by atoms with Crippen LogP contribution in [-0.2, 0) is 16.1 Å². The molecular formula is C14H22N2O2S. The van der Waals surface area contributed by atoms with Gasteiger partial charge in [0.25, 0.3) is 0 Å². The Hall–Kier alpha value is -1.36. The van der Waals surface area contributed by atoms with Crippen molar-refractivity contribution < 1.29 is 9.59 Å². The molecule has 0 aliphatic heterocycles. The second-order valence-corrected chi connectivity index (χ2v) is 5.62. The van der Waals surface area contributed by atoms with Crippen LogP contribution >= 0.6 is 11.3 Å². The van der Waals surface area contributed by atoms with E-state index in [1.807, 2.05) is 17.5 Å². The molecule has 0 bridgehead atoms. The Bertz CT molecular complexity index is 377. The van der Waals surface area contributed by atoms with E-state index in [1.54, 1.807) is 11.3 Å². The first-order valence-electron chi connectivity index (χ1n) is 6.76. The van der Waals surface area contributed by atoms with Crippen molar-refractivity contribution in [3.8, 4) is 0 Å². The second kappa shape index (κ2) is 9.55. The zero-order chi connectivity index (χ0) is 13.9. The number of thiophene rings is 1. The number of hydrogen-bond donors (Lipinski definition) is 2. The van der Waals surface area contributed by atoms with Gasteiger partial charge in [0.1, 0.15) is 0 Å². The summed E-state index contributed by atoms with van der Waals surface area (Å²) in [5.41, 5.74) is 5.06. The molecule has 0 aliphatic carbocycles. The first kappa shape index (κ1) is 15.7. The minimum atomic E-state index is -0.229. The molecule has 2 amide bonds. The van der Waals surface area contributed by atoms with Gasteiger partial charge < -0.3 is 11.1 Å². The highest BCUT2D eigenvalue weighted by Crippen LogP contribution is 2.09. The third kappa shape index (κ3) is 8.37. The average molecular weight is 282 g/mol. The summed E-state index contributed by atoms with van der Waals surface area (Å²) in [6.45, 7) is 0.634. The first-order chi connectivity index (χ1) is 9.18. The number of carbonyl (C=O) groups excluding carboxylic acids is 2. The third-order valence-electron chi connectivity index (χ3n) is 2.87. The number of primary amides is 1. The molecule has 0 spiro atoms. The number of rotatable bonds is 10. The molecule has 0 radical (unpaired) electrons. The Morgan fingerprint density at radius 3 is 2.42 bits per heavy atom. The Morgan fingerprint density at radius 1 is 1.11 bits per heavy atom. The summed E-state index contributed by atoms with van der Waals surface area (Å²) < 4.78 is 0. The normalized spacial score (nSPS) is 10.3. The SMILES string of the molecule is NC(=O)CCCCCCCC(=O)NCc1cccs1. The number of carbonyl (C=O) groups is 2. The van der Waals surface area contributed by atoms with Crippen molar-refractivity contribution in [3.63, 3.8) is 0 Å². The first-order valence-corrected chi connectivity index (χ1v) is 7.64. The van der Waals surface area contributed by atoms with Crippen LogP contribution < -0.4 is 11.1 Å². The van der Waals surface area contributed by atoms with E-state index in [1.165, 1.54) is 4.88 Å². The number of nitrogens with one attached hydrogen (secondary N) is 1. The standard InChI is InChI=1S/C14H22N2O2S/c15-13(17)8-4-2-1-3-5-9-14(18)16-11-12-7-6-10-19-12/h6-7,10H,1-5,8-9,11H2,(H2,15,17)(H,16,18). The fraction of sp³-hybridized carbons (Fsp3) is 0.571. The van der Waals surface area contributed by atoms with Gasteiger partial charge in [-0.25, -0.2) is 0 Å². The lowest BCUT2D eigenvalue weighted by Gasteiger charge is -2.03. The molecule has 5 heteroatoms. The van der Waals surface area contributed by atoms with Gasteiger partial charge in [-0.15, -0.1) is 11.3 Å². The van der Waals surface area contributed by atoms with Crippen LogP contribution in [-0.4, -0.2) is 11.8 Å². The molecule has 19 heavy (non-hydrogen) atoms. The lowest BCUT2D eigenvalue weighted by atomic mass is 10.1. The van der Waals surface area contributed by atoms with Crippen molar-refractivity contribution in [3.05, 3.63) is 22.4 Å². The van der Waals surface area contributed by atoms with Crippen molar-refractivity contribution in [2.24, 2.45) is 5.73 Å². The lowest BCUT2D eigenvalue weighted by Crippen LogP contribution is -2.21. The highest BCUT2D eigenvalue weighted by Gasteiger charge is 2.02. The summed E-state index contributed by atoms with van der Waals surface area (Å²) >= 11 is 1.65. The van der Waals surface area contributed by atoms with Gasteiger partial charge in [0.05, 0.1) is 6.54 Å². The van der Waals surface area contributed by atoms with Crippen molar-refractivity contribution >= 4 is 23.2 Å². The summed E-state index contributed by atoms with van der Waals surface area (Å²) in [6.07, 6.45) is 5.94. The molecule has 0 saturated carbocycles. The fourth-order valence-electron chi connectivity index (χ4n) is 1.80. The van der Waals surface area contributed by atoms with E-state index in [-0.39, 0.29) is 11.8 Å². The molecule has 0 atom stereocenters. The van der Waals surface area contributed by atoms with E-state index in [0.29, 0.717) is 19.4 Å². The maximum atomic E-state index is 11.5. The zero-order valence-electron chi connectivity index (χ0n) is 11.2. The molecule has 0 fully saturated rings. The van der Waals surface area contributed by atoms with E-state index in [4.69, 9.17) is 5.73 Å². The van der Waals surface area contributed by atoms with E-state index < -0.39 is 0 Å². The molecule has 0 aliphatic rings. The average Bonchev–Trinajstić information content (AvgIpc) is 2.88. The van der Waals surface area contributed by atoms with Crippen LogP contribution in [0.1, 0.15) is 49.8 Å². The highest BCUT2D eigenvalue weighted by atomic mass is 32.1. The van der Waals surface area contributed by atoms with Crippen LogP contribution in [0.25, 0.3) is 0 Å². The Morgan fingerprint density at radius 2 is 1.79 bits per heavy atom. The van der Waals surface area contributed by atoms with Crippen molar-refractivity contribution in [2.45, 2.75) is 51.5 Å². The predicted molar refractivity (Wildman–Crippen MR) is 77.7 cm³/mol. The predicted octanol–water partition coefficient (Wildman–Crippen LogP) is 2.58. The molecule has 4 nitrogen and oxygen atoms in total. The van der Waals surface area contributed by atoms with Crippen LogP contribution in [0.15, 0.2) is 17.5 Å². The summed E-state index contributed by atoms with van der Waals surface area (Å²) in [5.74, 6) is -0.113. The molecule has 1 aromatic rings. The molecule has 106 valence electrons. The maximum Gasteiger partial charge on any atom is 0.220 e. The highest BCUT2D eigenvalue weighted by molar-refractivity contribution is 7.09. The third-order valence-corrected chi connectivity index (χ3v) is 3.74. The van der Waals surface area contributed by atoms with E-state index in [9.17, 15) is 9.59 Å². The van der Waals surface area contributed by atoms with Gasteiger partial charge in [-0.05, 0) is 24.3 Å². The quantitative estimate of drug-likeness (QED) is 0.647. The van der Waals surface area contributed by atoms with Crippen molar-refractivity contribution in [1.82, 2.24) is 5.32 Å². The number of unbranched alkanes of at least 4 members (excludes halogenated alkanes) is 4. The molecule has 0 aromatic carbocycles. The Kier molecular flexibility index (Phi) is 7.89. The van der Waals surface area contributed by atoms with Gasteiger partial charge in [-0.3, -0.25) is 9.59 Å². The number of amides is 2. The lowest BCUT2D eigenvalue weighted by molar-refractivity contribution is -0.121. The fourth-order valence-corrected chi connectivity index (χ4v) is 2.45. The van der Waals surface area contributed by atoms with E-state index in [2.05, 4.69) is 5.32 Å². The molecule has 0 unspecified atom stereocenters. The maximum absolute atomic E-state index is 11.5. The number of hydrogen-bond acceptors (Lipinski definition) is 3. The Labute approximate surface area is 118 Å². The molecule has 3 N–H and O–H groups in total. The Balaban J connectivity index is 1.91. The van der Waals surface area contributed by atoms with Gasteiger partial charge in [0.15, 0.2) is 0 Å². The summed E-state index contributed by atoms with van der Waals surface area (Å²) in [4.78, 5) is 23.2. The van der Waals surface area contributed by atoms with Gasteiger partial charge >= 0.3 is 0 Å². The van der Waals surface area contributed by atoms with Crippen molar-refractivity contribution in [1.29, 1.82) is 0 Å². The number of nitrogens with two attached hydrogens (primary N) is 1. The molecule has 1 rings (SSSR count).